The van der Waals surface area contributed by atoms with Crippen LogP contribution in [0.25, 0.3) is 0 Å². The normalized spacial score (nSPS) is 39.6. The topological polar surface area (TPSA) is 65.0 Å². The van der Waals surface area contributed by atoms with Gasteiger partial charge in [0.15, 0.2) is 0 Å². The Morgan fingerprint density at radius 1 is 1.25 bits per heavy atom. The standard InChI is InChI=1S/C11H18O5/c1-14-9(12)10(3-2-5-15-7-10)11(13)4-6-16-8-11/h13H,2-8H2,1H3. The quantitative estimate of drug-likeness (QED) is 0.682. The fraction of sp³-hybridized carbons (Fsp3) is 0.909. The average Bonchev–Trinajstić information content (AvgIpc) is 2.77. The molecular weight excluding hydrogens is 212 g/mol. The van der Waals surface area contributed by atoms with Gasteiger partial charge in [-0.3, -0.25) is 4.79 Å². The molecular formula is C11H18O5. The Morgan fingerprint density at radius 3 is 2.50 bits per heavy atom. The van der Waals surface area contributed by atoms with E-state index in [-0.39, 0.29) is 19.2 Å². The third kappa shape index (κ3) is 1.63. The minimum absolute atomic E-state index is 0.186. The number of aliphatic hydroxyl groups is 1. The molecule has 0 radical (unpaired) electrons. The predicted molar refractivity (Wildman–Crippen MR) is 54.9 cm³/mol. The molecule has 0 aromatic carbocycles. The van der Waals surface area contributed by atoms with Crippen LogP contribution in [0.5, 0.6) is 0 Å². The van der Waals surface area contributed by atoms with E-state index in [4.69, 9.17) is 14.2 Å². The Hall–Kier alpha value is -0.650. The highest BCUT2D eigenvalue weighted by Crippen LogP contribution is 2.44. The largest absolute Gasteiger partial charge is 0.468 e. The number of hydrogen-bond acceptors (Lipinski definition) is 5. The Bertz CT molecular complexity index is 264. The van der Waals surface area contributed by atoms with Gasteiger partial charge < -0.3 is 19.3 Å². The maximum atomic E-state index is 12.0. The fourth-order valence-electron chi connectivity index (χ4n) is 2.64. The molecule has 2 fully saturated rings. The highest BCUT2D eigenvalue weighted by atomic mass is 16.5. The summed E-state index contributed by atoms with van der Waals surface area (Å²) >= 11 is 0. The summed E-state index contributed by atoms with van der Waals surface area (Å²) in [6, 6.07) is 0. The van der Waals surface area contributed by atoms with E-state index in [1.807, 2.05) is 0 Å². The monoisotopic (exact) mass is 230 g/mol. The van der Waals surface area contributed by atoms with Gasteiger partial charge >= 0.3 is 5.97 Å². The SMILES string of the molecule is COC(=O)C1(C2(O)CCOC2)CCCOC1. The molecule has 2 unspecified atom stereocenters. The predicted octanol–water partition coefficient (Wildman–Crippen LogP) is 0.108. The molecule has 1 N–H and O–H groups in total. The molecule has 2 rings (SSSR count). The third-order valence-electron chi connectivity index (χ3n) is 3.71. The second kappa shape index (κ2) is 4.31. The van der Waals surface area contributed by atoms with Crippen LogP contribution in [0.4, 0.5) is 0 Å². The molecule has 2 saturated heterocycles. The zero-order chi connectivity index (χ0) is 11.6. The summed E-state index contributed by atoms with van der Waals surface area (Å²) in [4.78, 5) is 12.0. The Labute approximate surface area is 94.7 Å². The zero-order valence-corrected chi connectivity index (χ0v) is 9.53. The first-order valence-corrected chi connectivity index (χ1v) is 5.61. The summed E-state index contributed by atoms with van der Waals surface area (Å²) in [5.74, 6) is -0.389. The van der Waals surface area contributed by atoms with Gasteiger partial charge in [0.2, 0.25) is 0 Å². The van der Waals surface area contributed by atoms with Gasteiger partial charge in [-0.2, -0.15) is 0 Å². The number of ether oxygens (including phenoxy) is 3. The van der Waals surface area contributed by atoms with E-state index in [1.54, 1.807) is 0 Å². The molecule has 0 aliphatic carbocycles. The summed E-state index contributed by atoms with van der Waals surface area (Å²) in [6.07, 6.45) is 1.82. The molecule has 92 valence electrons. The number of methoxy groups -OCH3 is 1. The van der Waals surface area contributed by atoms with Gasteiger partial charge in [0.05, 0.1) is 20.3 Å². The maximum Gasteiger partial charge on any atom is 0.317 e. The molecule has 0 aromatic rings. The summed E-state index contributed by atoms with van der Waals surface area (Å²) in [5, 5.41) is 10.6. The van der Waals surface area contributed by atoms with Crippen molar-refractivity contribution in [1.29, 1.82) is 0 Å². The highest BCUT2D eigenvalue weighted by Gasteiger charge is 2.59. The lowest BCUT2D eigenvalue weighted by Gasteiger charge is -2.43. The van der Waals surface area contributed by atoms with E-state index in [1.165, 1.54) is 7.11 Å². The van der Waals surface area contributed by atoms with Gasteiger partial charge in [0, 0.05) is 19.6 Å². The first-order chi connectivity index (χ1) is 7.65. The zero-order valence-electron chi connectivity index (χ0n) is 9.53. The van der Waals surface area contributed by atoms with Gasteiger partial charge in [-0.25, -0.2) is 0 Å². The molecule has 5 heteroatoms. The molecule has 2 aliphatic heterocycles. The molecule has 0 bridgehead atoms. The minimum atomic E-state index is -1.14. The van der Waals surface area contributed by atoms with Gasteiger partial charge in [0.1, 0.15) is 11.0 Å². The number of esters is 1. The van der Waals surface area contributed by atoms with Crippen molar-refractivity contribution in [3.05, 3.63) is 0 Å². The molecule has 2 aliphatic rings. The van der Waals surface area contributed by atoms with Gasteiger partial charge in [-0.05, 0) is 12.8 Å². The van der Waals surface area contributed by atoms with E-state index in [9.17, 15) is 9.90 Å². The lowest BCUT2D eigenvalue weighted by Crippen LogP contribution is -2.58. The van der Waals surface area contributed by atoms with Crippen LogP contribution in [0.15, 0.2) is 0 Å². The van der Waals surface area contributed by atoms with Crippen molar-refractivity contribution in [2.24, 2.45) is 5.41 Å². The number of rotatable bonds is 2. The maximum absolute atomic E-state index is 12.0. The van der Waals surface area contributed by atoms with Crippen LogP contribution in [0.3, 0.4) is 0 Å². The Morgan fingerprint density at radius 2 is 2.00 bits per heavy atom. The van der Waals surface area contributed by atoms with Crippen LogP contribution in [0, 0.1) is 5.41 Å². The molecule has 0 saturated carbocycles. The van der Waals surface area contributed by atoms with Crippen LogP contribution in [0.1, 0.15) is 19.3 Å². The van der Waals surface area contributed by atoms with Gasteiger partial charge in [-0.1, -0.05) is 0 Å². The van der Waals surface area contributed by atoms with Crippen LogP contribution in [-0.2, 0) is 19.0 Å². The van der Waals surface area contributed by atoms with Crippen molar-refractivity contribution in [1.82, 2.24) is 0 Å². The summed E-state index contributed by atoms with van der Waals surface area (Å²) in [6.45, 7) is 1.52. The van der Waals surface area contributed by atoms with E-state index in [2.05, 4.69) is 0 Å². The Kier molecular flexibility index (Phi) is 3.19. The minimum Gasteiger partial charge on any atom is -0.468 e. The molecule has 2 atom stereocenters. The van der Waals surface area contributed by atoms with Crippen molar-refractivity contribution in [2.75, 3.05) is 33.5 Å². The van der Waals surface area contributed by atoms with E-state index in [0.717, 1.165) is 6.42 Å². The highest BCUT2D eigenvalue weighted by molar-refractivity contribution is 5.79. The lowest BCUT2D eigenvalue weighted by atomic mass is 9.68. The van der Waals surface area contributed by atoms with Crippen LogP contribution in [0.2, 0.25) is 0 Å². The first-order valence-electron chi connectivity index (χ1n) is 5.61. The Balaban J connectivity index is 2.28. The summed E-state index contributed by atoms with van der Waals surface area (Å²) in [5.41, 5.74) is -2.09. The van der Waals surface area contributed by atoms with Crippen molar-refractivity contribution in [3.8, 4) is 0 Å². The molecule has 5 nitrogen and oxygen atoms in total. The molecule has 0 spiro atoms. The molecule has 16 heavy (non-hydrogen) atoms. The van der Waals surface area contributed by atoms with E-state index >= 15 is 0 Å². The van der Waals surface area contributed by atoms with E-state index in [0.29, 0.717) is 26.1 Å². The fourth-order valence-corrected chi connectivity index (χ4v) is 2.64. The smallest absolute Gasteiger partial charge is 0.317 e. The van der Waals surface area contributed by atoms with Gasteiger partial charge in [-0.15, -0.1) is 0 Å². The second-order valence-corrected chi connectivity index (χ2v) is 4.56. The van der Waals surface area contributed by atoms with Crippen molar-refractivity contribution in [2.45, 2.75) is 24.9 Å². The second-order valence-electron chi connectivity index (χ2n) is 4.56. The number of carbonyl (C=O) groups excluding carboxylic acids is 1. The summed E-state index contributed by atoms with van der Waals surface area (Å²) in [7, 11) is 1.35. The first kappa shape index (κ1) is 11.8. The van der Waals surface area contributed by atoms with Crippen molar-refractivity contribution >= 4 is 5.97 Å². The van der Waals surface area contributed by atoms with Crippen LogP contribution >= 0.6 is 0 Å². The van der Waals surface area contributed by atoms with E-state index < -0.39 is 11.0 Å². The molecule has 0 amide bonds. The number of hydrogen-bond donors (Lipinski definition) is 1. The number of carbonyl (C=O) groups is 1. The van der Waals surface area contributed by atoms with Crippen molar-refractivity contribution in [3.63, 3.8) is 0 Å². The van der Waals surface area contributed by atoms with Gasteiger partial charge in [0.25, 0.3) is 0 Å². The summed E-state index contributed by atoms with van der Waals surface area (Å²) < 4.78 is 15.4. The third-order valence-corrected chi connectivity index (χ3v) is 3.71. The van der Waals surface area contributed by atoms with Crippen LogP contribution in [-0.4, -0.2) is 50.2 Å². The average molecular weight is 230 g/mol. The molecule has 0 aromatic heterocycles. The van der Waals surface area contributed by atoms with Crippen LogP contribution < -0.4 is 0 Å². The van der Waals surface area contributed by atoms with Crippen molar-refractivity contribution < 1.29 is 24.1 Å². The lowest BCUT2D eigenvalue weighted by molar-refractivity contribution is -0.192. The molecule has 2 heterocycles.